The minimum atomic E-state index is 0.786. The van der Waals surface area contributed by atoms with E-state index in [1.807, 2.05) is 0 Å². The summed E-state index contributed by atoms with van der Waals surface area (Å²) in [5.41, 5.74) is 0. The number of rotatable bonds is 4. The van der Waals surface area contributed by atoms with Gasteiger partial charge in [0.25, 0.3) is 0 Å². The van der Waals surface area contributed by atoms with Crippen LogP contribution in [0, 0.1) is 5.92 Å². The first-order chi connectivity index (χ1) is 7.90. The molecule has 0 radical (unpaired) electrons. The number of hydrogen-bond donors (Lipinski definition) is 1. The van der Waals surface area contributed by atoms with Crippen molar-refractivity contribution in [1.82, 2.24) is 5.32 Å². The molecule has 94 valence electrons. The average molecular weight is 241 g/mol. The molecule has 1 saturated heterocycles. The maximum atomic E-state index is 3.60. The molecule has 1 aliphatic heterocycles. The van der Waals surface area contributed by atoms with Crippen molar-refractivity contribution in [2.45, 2.75) is 69.1 Å². The summed E-state index contributed by atoms with van der Waals surface area (Å²) in [5, 5.41) is 4.50. The van der Waals surface area contributed by atoms with Gasteiger partial charge in [0.05, 0.1) is 0 Å². The van der Waals surface area contributed by atoms with Crippen LogP contribution in [0.15, 0.2) is 0 Å². The third-order valence-corrected chi connectivity index (χ3v) is 5.86. The van der Waals surface area contributed by atoms with E-state index in [2.05, 4.69) is 24.1 Å². The van der Waals surface area contributed by atoms with E-state index in [9.17, 15) is 0 Å². The van der Waals surface area contributed by atoms with E-state index in [1.54, 1.807) is 0 Å². The third-order valence-electron chi connectivity index (χ3n) is 4.35. The predicted octanol–water partition coefficient (Wildman–Crippen LogP) is 3.83. The first-order valence-corrected chi connectivity index (χ1v) is 8.24. The minimum absolute atomic E-state index is 0.786. The van der Waals surface area contributed by atoms with Crippen molar-refractivity contribution in [3.8, 4) is 0 Å². The number of thioether (sulfide) groups is 1. The van der Waals surface area contributed by atoms with Gasteiger partial charge in [-0.25, -0.2) is 0 Å². The lowest BCUT2D eigenvalue weighted by molar-refractivity contribution is 0.296. The van der Waals surface area contributed by atoms with Gasteiger partial charge in [-0.05, 0) is 38.0 Å². The van der Waals surface area contributed by atoms with Gasteiger partial charge in [0.15, 0.2) is 0 Å². The molecule has 0 amide bonds. The molecule has 2 heteroatoms. The first kappa shape index (κ1) is 12.8. The Bertz CT molecular complexity index is 183. The summed E-state index contributed by atoms with van der Waals surface area (Å²) < 4.78 is 0. The molecular weight excluding hydrogens is 214 g/mol. The van der Waals surface area contributed by atoms with Crippen molar-refractivity contribution >= 4 is 11.8 Å². The molecule has 1 N–H and O–H groups in total. The Morgan fingerprint density at radius 1 is 1.06 bits per heavy atom. The second-order valence-corrected chi connectivity index (χ2v) is 6.89. The van der Waals surface area contributed by atoms with Crippen LogP contribution >= 0.6 is 11.8 Å². The molecule has 2 aliphatic rings. The summed E-state index contributed by atoms with van der Waals surface area (Å²) in [6.07, 6.45) is 13.2. The van der Waals surface area contributed by atoms with Gasteiger partial charge in [-0.1, -0.05) is 38.5 Å². The molecule has 16 heavy (non-hydrogen) atoms. The van der Waals surface area contributed by atoms with Gasteiger partial charge in [-0.3, -0.25) is 0 Å². The van der Waals surface area contributed by atoms with Gasteiger partial charge in [0, 0.05) is 11.3 Å². The van der Waals surface area contributed by atoms with Crippen LogP contribution in [0.1, 0.15) is 57.8 Å². The van der Waals surface area contributed by atoms with Crippen molar-refractivity contribution in [1.29, 1.82) is 0 Å². The van der Waals surface area contributed by atoms with Crippen LogP contribution in [0.25, 0.3) is 0 Å². The Morgan fingerprint density at radius 3 is 2.44 bits per heavy atom. The normalized spacial score (nSPS) is 30.2. The van der Waals surface area contributed by atoms with E-state index in [-0.39, 0.29) is 0 Å². The Balaban J connectivity index is 1.78. The largest absolute Gasteiger partial charge is 0.316 e. The maximum Gasteiger partial charge on any atom is 0.0201 e. The molecular formula is C14H27NS. The van der Waals surface area contributed by atoms with Gasteiger partial charge >= 0.3 is 0 Å². The van der Waals surface area contributed by atoms with Crippen molar-refractivity contribution in [2.75, 3.05) is 12.8 Å². The molecule has 1 saturated carbocycles. The SMILES string of the molecule is CNC(CC1CCCCC1)C1CCCCS1. The number of nitrogens with one attached hydrogen (secondary N) is 1. The Kier molecular flexibility index (Phi) is 5.51. The van der Waals surface area contributed by atoms with Crippen LogP contribution in [-0.2, 0) is 0 Å². The molecule has 0 aromatic heterocycles. The van der Waals surface area contributed by atoms with E-state index < -0.39 is 0 Å². The molecule has 0 spiro atoms. The molecule has 1 heterocycles. The minimum Gasteiger partial charge on any atom is -0.316 e. The van der Waals surface area contributed by atoms with Crippen molar-refractivity contribution in [2.24, 2.45) is 5.92 Å². The van der Waals surface area contributed by atoms with E-state index in [4.69, 9.17) is 0 Å². The van der Waals surface area contributed by atoms with E-state index in [0.29, 0.717) is 0 Å². The van der Waals surface area contributed by atoms with Crippen molar-refractivity contribution in [3.05, 3.63) is 0 Å². The molecule has 1 nitrogen and oxygen atoms in total. The van der Waals surface area contributed by atoms with Gasteiger partial charge < -0.3 is 5.32 Å². The molecule has 2 atom stereocenters. The smallest absolute Gasteiger partial charge is 0.0201 e. The lowest BCUT2D eigenvalue weighted by Crippen LogP contribution is -2.39. The summed E-state index contributed by atoms with van der Waals surface area (Å²) in [6.45, 7) is 0. The molecule has 2 fully saturated rings. The van der Waals surface area contributed by atoms with Crippen LogP contribution in [0.3, 0.4) is 0 Å². The zero-order valence-corrected chi connectivity index (χ0v) is 11.5. The molecule has 1 aliphatic carbocycles. The van der Waals surface area contributed by atoms with E-state index in [1.165, 1.54) is 63.5 Å². The molecule has 0 bridgehead atoms. The lowest BCUT2D eigenvalue weighted by Gasteiger charge is -2.33. The zero-order chi connectivity index (χ0) is 11.2. The summed E-state index contributed by atoms with van der Waals surface area (Å²) in [6, 6.07) is 0.786. The van der Waals surface area contributed by atoms with Crippen LogP contribution in [0.5, 0.6) is 0 Å². The summed E-state index contributed by atoms with van der Waals surface area (Å²) in [5.74, 6) is 2.42. The van der Waals surface area contributed by atoms with Gasteiger partial charge in [-0.2, -0.15) is 11.8 Å². The summed E-state index contributed by atoms with van der Waals surface area (Å²) in [4.78, 5) is 0. The highest BCUT2D eigenvalue weighted by Gasteiger charge is 2.26. The molecule has 2 unspecified atom stereocenters. The Labute approximate surface area is 105 Å². The highest BCUT2D eigenvalue weighted by molar-refractivity contribution is 8.00. The number of hydrogen-bond acceptors (Lipinski definition) is 2. The second kappa shape index (κ2) is 6.90. The van der Waals surface area contributed by atoms with Crippen molar-refractivity contribution < 1.29 is 0 Å². The molecule has 2 rings (SSSR count). The van der Waals surface area contributed by atoms with Crippen LogP contribution in [0.2, 0.25) is 0 Å². The highest BCUT2D eigenvalue weighted by Crippen LogP contribution is 2.33. The quantitative estimate of drug-likeness (QED) is 0.803. The van der Waals surface area contributed by atoms with Gasteiger partial charge in [0.1, 0.15) is 0 Å². The summed E-state index contributed by atoms with van der Waals surface area (Å²) in [7, 11) is 2.17. The van der Waals surface area contributed by atoms with Crippen LogP contribution in [0.4, 0.5) is 0 Å². The first-order valence-electron chi connectivity index (χ1n) is 7.19. The van der Waals surface area contributed by atoms with Gasteiger partial charge in [-0.15, -0.1) is 0 Å². The average Bonchev–Trinajstić information content (AvgIpc) is 2.38. The Hall–Kier alpha value is 0.310. The van der Waals surface area contributed by atoms with Crippen LogP contribution in [-0.4, -0.2) is 24.1 Å². The maximum absolute atomic E-state index is 3.60. The predicted molar refractivity (Wildman–Crippen MR) is 74.1 cm³/mol. The second-order valence-electron chi connectivity index (χ2n) is 5.54. The highest BCUT2D eigenvalue weighted by atomic mass is 32.2. The van der Waals surface area contributed by atoms with Gasteiger partial charge in [0.2, 0.25) is 0 Å². The topological polar surface area (TPSA) is 12.0 Å². The summed E-state index contributed by atoms with van der Waals surface area (Å²) >= 11 is 2.22. The van der Waals surface area contributed by atoms with E-state index in [0.717, 1.165) is 17.2 Å². The lowest BCUT2D eigenvalue weighted by atomic mass is 9.83. The fourth-order valence-electron chi connectivity index (χ4n) is 3.32. The molecule has 0 aromatic carbocycles. The fourth-order valence-corrected chi connectivity index (χ4v) is 4.81. The fraction of sp³-hybridized carbons (Fsp3) is 1.00. The monoisotopic (exact) mass is 241 g/mol. The Morgan fingerprint density at radius 2 is 1.81 bits per heavy atom. The zero-order valence-electron chi connectivity index (χ0n) is 10.7. The molecule has 0 aromatic rings. The van der Waals surface area contributed by atoms with E-state index >= 15 is 0 Å². The third kappa shape index (κ3) is 3.66. The van der Waals surface area contributed by atoms with Crippen molar-refractivity contribution in [3.63, 3.8) is 0 Å². The van der Waals surface area contributed by atoms with Crippen LogP contribution < -0.4 is 5.32 Å². The standard InChI is InChI=1S/C14H27NS/c1-15-13(14-9-5-6-10-16-14)11-12-7-3-2-4-8-12/h12-15H,2-11H2,1H3.